The zero-order valence-corrected chi connectivity index (χ0v) is 16.7. The number of methoxy groups -OCH3 is 3. The van der Waals surface area contributed by atoms with Crippen LogP contribution in [0, 0.1) is 0 Å². The molecule has 0 aliphatic rings. The standard InChI is InChI=1S/C11H11NO3.C9H8BrNO.2CH4/c1-14-9-4-3-8(11(13)15-2)7-5-6-12-10(7)9;1-12-8-3-2-7(10)6-4-5-11-9(6)8;;/h3-6,12H,1-2H3;2-5,11H,1H3;2*1H4. The van der Waals surface area contributed by atoms with Crippen molar-refractivity contribution in [3.8, 4) is 11.5 Å². The topological polar surface area (TPSA) is 76.3 Å². The minimum atomic E-state index is -0.345. The Bertz CT molecular complexity index is 1080. The van der Waals surface area contributed by atoms with Gasteiger partial charge in [-0.2, -0.15) is 0 Å². The largest absolute Gasteiger partial charge is 0.495 e. The lowest BCUT2D eigenvalue weighted by molar-refractivity contribution is 0.0603. The number of nitrogens with one attached hydrogen (secondary N) is 2. The Kier molecular flexibility index (Phi) is 8.79. The Morgan fingerprint density at radius 2 is 1.31 bits per heavy atom. The van der Waals surface area contributed by atoms with Crippen molar-refractivity contribution in [3.63, 3.8) is 0 Å². The van der Waals surface area contributed by atoms with Crippen molar-refractivity contribution in [2.45, 2.75) is 14.9 Å². The summed E-state index contributed by atoms with van der Waals surface area (Å²) >= 11 is 3.46. The normalized spacial score (nSPS) is 9.66. The van der Waals surface area contributed by atoms with Crippen molar-refractivity contribution in [2.75, 3.05) is 21.3 Å². The van der Waals surface area contributed by atoms with Crippen LogP contribution < -0.4 is 9.47 Å². The van der Waals surface area contributed by atoms with Crippen LogP contribution >= 0.6 is 15.9 Å². The highest BCUT2D eigenvalue weighted by Crippen LogP contribution is 2.30. The number of ether oxygens (including phenoxy) is 3. The second kappa shape index (κ2) is 10.6. The lowest BCUT2D eigenvalue weighted by atomic mass is 10.1. The van der Waals surface area contributed by atoms with E-state index in [-0.39, 0.29) is 20.8 Å². The zero-order chi connectivity index (χ0) is 19.4. The van der Waals surface area contributed by atoms with Crippen molar-refractivity contribution in [1.82, 2.24) is 9.97 Å². The van der Waals surface area contributed by atoms with Gasteiger partial charge in [0, 0.05) is 27.6 Å². The molecule has 0 spiro atoms. The number of carbonyl (C=O) groups excluding carboxylic acids is 1. The molecule has 0 saturated heterocycles. The predicted octanol–water partition coefficient (Wildman–Crippen LogP) is 6.17. The minimum absolute atomic E-state index is 0. The van der Waals surface area contributed by atoms with E-state index in [9.17, 15) is 4.79 Å². The quantitative estimate of drug-likeness (QED) is 0.356. The van der Waals surface area contributed by atoms with Crippen molar-refractivity contribution in [1.29, 1.82) is 0 Å². The first-order chi connectivity index (χ1) is 13.1. The predicted molar refractivity (Wildman–Crippen MR) is 122 cm³/mol. The Morgan fingerprint density at radius 3 is 1.86 bits per heavy atom. The average Bonchev–Trinajstić information content (AvgIpc) is 3.37. The lowest BCUT2D eigenvalue weighted by Crippen LogP contribution is -2.01. The van der Waals surface area contributed by atoms with Gasteiger partial charge in [-0.1, -0.05) is 30.8 Å². The van der Waals surface area contributed by atoms with Gasteiger partial charge in [0.1, 0.15) is 11.5 Å². The summed E-state index contributed by atoms with van der Waals surface area (Å²) in [6.45, 7) is 0. The molecule has 4 aromatic rings. The van der Waals surface area contributed by atoms with E-state index in [4.69, 9.17) is 14.2 Å². The summed E-state index contributed by atoms with van der Waals surface area (Å²) in [4.78, 5) is 17.6. The van der Waals surface area contributed by atoms with Crippen LogP contribution in [0.1, 0.15) is 25.2 Å². The molecular weight excluding hydrogens is 436 g/mol. The molecule has 2 aromatic heterocycles. The maximum atomic E-state index is 11.4. The fraction of sp³-hybridized carbons (Fsp3) is 0.227. The van der Waals surface area contributed by atoms with E-state index in [0.717, 1.165) is 32.0 Å². The third-order valence-corrected chi connectivity index (χ3v) is 4.85. The van der Waals surface area contributed by atoms with E-state index in [2.05, 4.69) is 25.9 Å². The number of fused-ring (bicyclic) bond motifs is 2. The maximum Gasteiger partial charge on any atom is 0.338 e. The molecule has 0 fully saturated rings. The molecule has 2 heterocycles. The van der Waals surface area contributed by atoms with Crippen LogP contribution in [0.2, 0.25) is 0 Å². The van der Waals surface area contributed by atoms with Crippen molar-refractivity contribution < 1.29 is 19.0 Å². The first-order valence-corrected chi connectivity index (χ1v) is 8.92. The third-order valence-electron chi connectivity index (χ3n) is 4.16. The number of rotatable bonds is 3. The molecule has 0 bridgehead atoms. The highest BCUT2D eigenvalue weighted by molar-refractivity contribution is 9.10. The number of carbonyl (C=O) groups is 1. The maximum absolute atomic E-state index is 11.4. The summed E-state index contributed by atoms with van der Waals surface area (Å²) in [6, 6.07) is 11.2. The van der Waals surface area contributed by atoms with Crippen LogP contribution in [-0.4, -0.2) is 37.3 Å². The first-order valence-electron chi connectivity index (χ1n) is 8.12. The monoisotopic (exact) mass is 462 g/mol. The summed E-state index contributed by atoms with van der Waals surface area (Å²) in [5, 5.41) is 1.95. The van der Waals surface area contributed by atoms with Gasteiger partial charge in [-0.3, -0.25) is 0 Å². The second-order valence-electron chi connectivity index (χ2n) is 5.59. The van der Waals surface area contributed by atoms with Crippen molar-refractivity contribution in [2.24, 2.45) is 0 Å². The van der Waals surface area contributed by atoms with Gasteiger partial charge in [-0.15, -0.1) is 0 Å². The number of aromatic amines is 2. The highest BCUT2D eigenvalue weighted by Gasteiger charge is 2.13. The van der Waals surface area contributed by atoms with E-state index < -0.39 is 0 Å². The van der Waals surface area contributed by atoms with Gasteiger partial charge < -0.3 is 24.2 Å². The van der Waals surface area contributed by atoms with E-state index in [1.54, 1.807) is 32.5 Å². The Hall–Kier alpha value is -2.93. The summed E-state index contributed by atoms with van der Waals surface area (Å²) in [5.41, 5.74) is 2.38. The molecule has 0 aliphatic carbocycles. The molecule has 156 valence electrons. The second-order valence-corrected chi connectivity index (χ2v) is 6.44. The van der Waals surface area contributed by atoms with Crippen LogP contribution in [-0.2, 0) is 4.74 Å². The van der Waals surface area contributed by atoms with Crippen LogP contribution in [0.3, 0.4) is 0 Å². The molecule has 2 N–H and O–H groups in total. The van der Waals surface area contributed by atoms with Crippen molar-refractivity contribution in [3.05, 3.63) is 58.8 Å². The van der Waals surface area contributed by atoms with Crippen molar-refractivity contribution >= 4 is 43.7 Å². The van der Waals surface area contributed by atoms with E-state index >= 15 is 0 Å². The fourth-order valence-corrected chi connectivity index (χ4v) is 3.31. The first kappa shape index (κ1) is 24.1. The summed E-state index contributed by atoms with van der Waals surface area (Å²) in [5.74, 6) is 1.24. The SMILES string of the molecule is C.C.COC(=O)c1ccc(OC)c2[nH]ccc12.COc1ccc(Br)c2cc[nH]c12. The highest BCUT2D eigenvalue weighted by atomic mass is 79.9. The molecule has 0 atom stereocenters. The van der Waals surface area contributed by atoms with E-state index in [1.807, 2.05) is 30.5 Å². The Labute approximate surface area is 179 Å². The Balaban J connectivity index is 0.000000277. The molecule has 0 radical (unpaired) electrons. The number of halogens is 1. The number of hydrogen-bond acceptors (Lipinski definition) is 4. The summed E-state index contributed by atoms with van der Waals surface area (Å²) < 4.78 is 16.1. The van der Waals surface area contributed by atoms with Gasteiger partial charge in [0.2, 0.25) is 0 Å². The van der Waals surface area contributed by atoms with Crippen LogP contribution in [0.5, 0.6) is 11.5 Å². The number of aromatic nitrogens is 2. The average molecular weight is 463 g/mol. The minimum Gasteiger partial charge on any atom is -0.495 e. The molecule has 2 aromatic carbocycles. The molecule has 0 saturated carbocycles. The number of hydrogen-bond donors (Lipinski definition) is 2. The molecule has 4 rings (SSSR count). The van der Waals surface area contributed by atoms with Crippen LogP contribution in [0.15, 0.2) is 53.3 Å². The van der Waals surface area contributed by atoms with Gasteiger partial charge in [-0.25, -0.2) is 4.79 Å². The number of H-pyrrole nitrogens is 2. The van der Waals surface area contributed by atoms with Gasteiger partial charge in [-0.05, 0) is 36.4 Å². The smallest absolute Gasteiger partial charge is 0.338 e. The molecule has 6 nitrogen and oxygen atoms in total. The summed E-state index contributed by atoms with van der Waals surface area (Å²) in [6.07, 6.45) is 3.66. The van der Waals surface area contributed by atoms with Gasteiger partial charge in [0.05, 0.1) is 37.9 Å². The number of esters is 1. The number of benzene rings is 2. The summed E-state index contributed by atoms with van der Waals surface area (Å²) in [7, 11) is 4.63. The van der Waals surface area contributed by atoms with E-state index in [1.165, 1.54) is 7.11 Å². The molecule has 0 aliphatic heterocycles. The molecule has 0 unspecified atom stereocenters. The zero-order valence-electron chi connectivity index (χ0n) is 15.1. The molecule has 29 heavy (non-hydrogen) atoms. The van der Waals surface area contributed by atoms with E-state index in [0.29, 0.717) is 11.3 Å². The van der Waals surface area contributed by atoms with Gasteiger partial charge in [0.25, 0.3) is 0 Å². The fourth-order valence-electron chi connectivity index (χ4n) is 2.85. The molecule has 7 heteroatoms. The third kappa shape index (κ3) is 4.74. The van der Waals surface area contributed by atoms with Crippen LogP contribution in [0.4, 0.5) is 0 Å². The van der Waals surface area contributed by atoms with Gasteiger partial charge >= 0.3 is 5.97 Å². The molecular formula is C22H27BrN2O4. The van der Waals surface area contributed by atoms with Crippen LogP contribution in [0.25, 0.3) is 21.8 Å². The molecule has 0 amide bonds. The lowest BCUT2D eigenvalue weighted by Gasteiger charge is -2.05. The Morgan fingerprint density at radius 1 is 0.793 bits per heavy atom. The van der Waals surface area contributed by atoms with Gasteiger partial charge in [0.15, 0.2) is 0 Å².